The summed E-state index contributed by atoms with van der Waals surface area (Å²) in [5, 5.41) is 8.37. The fourth-order valence-electron chi connectivity index (χ4n) is 3.04. The molecule has 1 unspecified atom stereocenters. The number of nitrogens with zero attached hydrogens (tertiary/aromatic N) is 1. The highest BCUT2D eigenvalue weighted by Gasteiger charge is 2.49. The van der Waals surface area contributed by atoms with Crippen molar-refractivity contribution in [2.75, 3.05) is 17.2 Å². The average molecular weight is 415 g/mol. The molecule has 5 amide bonds. The SMILES string of the molecule is CC(=O)Nc1cccc(NC(=O)CN2C(=O)NC(C)(c3ccc(Cl)cc3)C2=O)c1. The van der Waals surface area contributed by atoms with Crippen LogP contribution in [-0.2, 0) is 19.9 Å². The van der Waals surface area contributed by atoms with Crippen LogP contribution in [0.3, 0.4) is 0 Å². The van der Waals surface area contributed by atoms with E-state index in [9.17, 15) is 19.2 Å². The van der Waals surface area contributed by atoms with Gasteiger partial charge in [0, 0.05) is 23.3 Å². The zero-order valence-corrected chi connectivity index (χ0v) is 16.5. The number of rotatable bonds is 5. The number of imide groups is 1. The predicted molar refractivity (Wildman–Crippen MR) is 108 cm³/mol. The zero-order chi connectivity index (χ0) is 21.2. The van der Waals surface area contributed by atoms with Gasteiger partial charge in [0.1, 0.15) is 12.1 Å². The minimum Gasteiger partial charge on any atom is -0.326 e. The third kappa shape index (κ3) is 4.38. The molecule has 1 heterocycles. The largest absolute Gasteiger partial charge is 0.326 e. The van der Waals surface area contributed by atoms with Crippen LogP contribution in [0.15, 0.2) is 48.5 Å². The second-order valence-corrected chi connectivity index (χ2v) is 7.20. The van der Waals surface area contributed by atoms with Crippen LogP contribution in [0.1, 0.15) is 19.4 Å². The molecule has 8 nitrogen and oxygen atoms in total. The van der Waals surface area contributed by atoms with E-state index in [1.54, 1.807) is 55.5 Å². The van der Waals surface area contributed by atoms with Crippen molar-refractivity contribution in [3.8, 4) is 0 Å². The molecule has 0 radical (unpaired) electrons. The highest BCUT2D eigenvalue weighted by molar-refractivity contribution is 6.30. The molecule has 1 aliphatic heterocycles. The number of carbonyl (C=O) groups is 4. The molecular weight excluding hydrogens is 396 g/mol. The normalized spacial score (nSPS) is 18.4. The van der Waals surface area contributed by atoms with E-state index in [2.05, 4.69) is 16.0 Å². The second kappa shape index (κ2) is 7.92. The first-order valence-corrected chi connectivity index (χ1v) is 9.14. The van der Waals surface area contributed by atoms with Crippen molar-refractivity contribution in [3.05, 3.63) is 59.1 Å². The molecule has 150 valence electrons. The lowest BCUT2D eigenvalue weighted by Gasteiger charge is -2.22. The molecule has 1 saturated heterocycles. The number of benzene rings is 2. The fraction of sp³-hybridized carbons (Fsp3) is 0.200. The lowest BCUT2D eigenvalue weighted by molar-refractivity contribution is -0.133. The summed E-state index contributed by atoms with van der Waals surface area (Å²) < 4.78 is 0. The zero-order valence-electron chi connectivity index (χ0n) is 15.8. The summed E-state index contributed by atoms with van der Waals surface area (Å²) in [6.07, 6.45) is 0. The maximum atomic E-state index is 12.9. The minimum atomic E-state index is -1.28. The van der Waals surface area contributed by atoms with Crippen LogP contribution in [0.2, 0.25) is 5.02 Å². The van der Waals surface area contributed by atoms with E-state index in [0.29, 0.717) is 22.0 Å². The molecule has 0 aliphatic carbocycles. The van der Waals surface area contributed by atoms with Crippen molar-refractivity contribution in [2.45, 2.75) is 19.4 Å². The van der Waals surface area contributed by atoms with Crippen molar-refractivity contribution >= 4 is 46.7 Å². The second-order valence-electron chi connectivity index (χ2n) is 6.76. The summed E-state index contributed by atoms with van der Waals surface area (Å²) >= 11 is 5.88. The predicted octanol–water partition coefficient (Wildman–Crippen LogP) is 2.70. The number of amides is 5. The molecule has 0 bridgehead atoms. The number of carbonyl (C=O) groups excluding carboxylic acids is 4. The fourth-order valence-corrected chi connectivity index (χ4v) is 3.17. The van der Waals surface area contributed by atoms with Gasteiger partial charge in [-0.3, -0.25) is 19.3 Å². The minimum absolute atomic E-state index is 0.241. The van der Waals surface area contributed by atoms with Gasteiger partial charge >= 0.3 is 6.03 Å². The standard InChI is InChI=1S/C20H19ClN4O4/c1-12(26)22-15-4-3-5-16(10-15)23-17(27)11-25-18(28)20(2,24-19(25)29)13-6-8-14(21)9-7-13/h3-10H,11H2,1-2H3,(H,22,26)(H,23,27)(H,24,29). The summed E-state index contributed by atoms with van der Waals surface area (Å²) in [4.78, 5) is 49.6. The van der Waals surface area contributed by atoms with Crippen LogP contribution in [0.25, 0.3) is 0 Å². The van der Waals surface area contributed by atoms with Crippen molar-refractivity contribution in [3.63, 3.8) is 0 Å². The van der Waals surface area contributed by atoms with E-state index in [4.69, 9.17) is 11.6 Å². The van der Waals surface area contributed by atoms with E-state index < -0.39 is 29.9 Å². The third-order valence-corrected chi connectivity index (χ3v) is 4.72. The molecule has 9 heteroatoms. The van der Waals surface area contributed by atoms with Crippen LogP contribution < -0.4 is 16.0 Å². The summed E-state index contributed by atoms with van der Waals surface area (Å²) in [6, 6.07) is 12.4. The summed E-state index contributed by atoms with van der Waals surface area (Å²) in [7, 11) is 0. The quantitative estimate of drug-likeness (QED) is 0.653. The number of hydrogen-bond donors (Lipinski definition) is 3. The van der Waals surface area contributed by atoms with Gasteiger partial charge in [-0.25, -0.2) is 4.79 Å². The van der Waals surface area contributed by atoms with Crippen LogP contribution in [0, 0.1) is 0 Å². The number of anilines is 2. The monoisotopic (exact) mass is 414 g/mol. The van der Waals surface area contributed by atoms with Gasteiger partial charge in [0.25, 0.3) is 5.91 Å². The Labute approximate surface area is 172 Å². The van der Waals surface area contributed by atoms with Gasteiger partial charge in [-0.15, -0.1) is 0 Å². The summed E-state index contributed by atoms with van der Waals surface area (Å²) in [5.41, 5.74) is 0.216. The summed E-state index contributed by atoms with van der Waals surface area (Å²) in [5.74, 6) is -1.32. The molecular formula is C20H19ClN4O4. The molecule has 1 fully saturated rings. The first kappa shape index (κ1) is 20.3. The van der Waals surface area contributed by atoms with Crippen LogP contribution in [0.5, 0.6) is 0 Å². The molecule has 0 spiro atoms. The number of halogens is 1. The van der Waals surface area contributed by atoms with Crippen molar-refractivity contribution < 1.29 is 19.2 Å². The van der Waals surface area contributed by atoms with Gasteiger partial charge < -0.3 is 16.0 Å². The van der Waals surface area contributed by atoms with Crippen molar-refractivity contribution in [2.24, 2.45) is 0 Å². The van der Waals surface area contributed by atoms with Gasteiger partial charge in [0.15, 0.2) is 0 Å². The molecule has 3 rings (SSSR count). The lowest BCUT2D eigenvalue weighted by Crippen LogP contribution is -2.42. The van der Waals surface area contributed by atoms with Gasteiger partial charge in [-0.2, -0.15) is 0 Å². The topological polar surface area (TPSA) is 108 Å². The van der Waals surface area contributed by atoms with E-state index in [1.165, 1.54) is 6.92 Å². The number of urea groups is 1. The Hall–Kier alpha value is -3.39. The molecule has 0 aromatic heterocycles. The Bertz CT molecular complexity index is 992. The maximum Gasteiger partial charge on any atom is 0.325 e. The van der Waals surface area contributed by atoms with E-state index in [1.807, 2.05) is 0 Å². The Morgan fingerprint density at radius 1 is 1.07 bits per heavy atom. The first-order valence-electron chi connectivity index (χ1n) is 8.77. The molecule has 2 aromatic carbocycles. The van der Waals surface area contributed by atoms with Gasteiger partial charge in [-0.05, 0) is 42.8 Å². The van der Waals surface area contributed by atoms with Crippen LogP contribution >= 0.6 is 11.6 Å². The molecule has 0 saturated carbocycles. The van der Waals surface area contributed by atoms with E-state index in [-0.39, 0.29) is 5.91 Å². The Balaban J connectivity index is 1.71. The third-order valence-electron chi connectivity index (χ3n) is 4.46. The molecule has 1 aliphatic rings. The molecule has 1 atom stereocenters. The molecule has 2 aromatic rings. The maximum absolute atomic E-state index is 12.9. The number of nitrogens with one attached hydrogen (secondary N) is 3. The van der Waals surface area contributed by atoms with Gasteiger partial charge in [0.2, 0.25) is 11.8 Å². The van der Waals surface area contributed by atoms with E-state index in [0.717, 1.165) is 4.90 Å². The Kier molecular flexibility index (Phi) is 5.56. The molecule has 3 N–H and O–H groups in total. The van der Waals surface area contributed by atoms with Crippen LogP contribution in [-0.4, -0.2) is 35.2 Å². The summed E-state index contributed by atoms with van der Waals surface area (Å²) in [6.45, 7) is 2.50. The lowest BCUT2D eigenvalue weighted by atomic mass is 9.92. The van der Waals surface area contributed by atoms with Gasteiger partial charge in [0.05, 0.1) is 0 Å². The Morgan fingerprint density at radius 3 is 2.31 bits per heavy atom. The number of hydrogen-bond acceptors (Lipinski definition) is 4. The van der Waals surface area contributed by atoms with Gasteiger partial charge in [-0.1, -0.05) is 29.8 Å². The average Bonchev–Trinajstić information content (AvgIpc) is 2.86. The van der Waals surface area contributed by atoms with Crippen molar-refractivity contribution in [1.82, 2.24) is 10.2 Å². The van der Waals surface area contributed by atoms with Crippen molar-refractivity contribution in [1.29, 1.82) is 0 Å². The highest BCUT2D eigenvalue weighted by atomic mass is 35.5. The van der Waals surface area contributed by atoms with E-state index >= 15 is 0 Å². The van der Waals surface area contributed by atoms with Crippen LogP contribution in [0.4, 0.5) is 16.2 Å². The first-order chi connectivity index (χ1) is 13.7. The highest BCUT2D eigenvalue weighted by Crippen LogP contribution is 2.29. The Morgan fingerprint density at radius 2 is 1.69 bits per heavy atom. The smallest absolute Gasteiger partial charge is 0.325 e. The molecule has 29 heavy (non-hydrogen) atoms.